The van der Waals surface area contributed by atoms with Crippen LogP contribution in [0.15, 0.2) is 36.5 Å². The van der Waals surface area contributed by atoms with Crippen LogP contribution in [0.2, 0.25) is 0 Å². The Kier molecular flexibility index (Phi) is 3.98. The van der Waals surface area contributed by atoms with Gasteiger partial charge in [-0.3, -0.25) is 9.88 Å². The van der Waals surface area contributed by atoms with Gasteiger partial charge in [-0.25, -0.2) is 0 Å². The summed E-state index contributed by atoms with van der Waals surface area (Å²) in [5.74, 6) is 0.567. The van der Waals surface area contributed by atoms with Crippen molar-refractivity contribution in [3.05, 3.63) is 47.8 Å². The number of ether oxygens (including phenoxy) is 2. The first-order valence-electron chi connectivity index (χ1n) is 9.84. The smallest absolute Gasteiger partial charge is 0.213 e. The Hall–Kier alpha value is -1.91. The van der Waals surface area contributed by atoms with Gasteiger partial charge in [0, 0.05) is 55.0 Å². The number of nitrogens with zero attached hydrogens (tertiary/aromatic N) is 2. The third kappa shape index (κ3) is 2.81. The van der Waals surface area contributed by atoms with E-state index in [0.717, 1.165) is 49.0 Å². The fourth-order valence-electron chi connectivity index (χ4n) is 4.42. The number of likely N-dealkylation sites (tertiary alicyclic amines) is 1. The van der Waals surface area contributed by atoms with Gasteiger partial charge < -0.3 is 9.47 Å². The first-order chi connectivity index (χ1) is 12.7. The zero-order chi connectivity index (χ0) is 17.6. The quantitative estimate of drug-likeness (QED) is 0.808. The molecule has 4 nitrogen and oxygen atoms in total. The van der Waals surface area contributed by atoms with Crippen LogP contribution in [0.25, 0.3) is 11.1 Å². The molecule has 26 heavy (non-hydrogen) atoms. The number of hydrogen-bond donors (Lipinski definition) is 0. The molecule has 0 amide bonds. The van der Waals surface area contributed by atoms with Crippen molar-refractivity contribution in [2.24, 2.45) is 0 Å². The summed E-state index contributed by atoms with van der Waals surface area (Å²) in [6.07, 6.45) is 7.90. The maximum absolute atomic E-state index is 6.40. The summed E-state index contributed by atoms with van der Waals surface area (Å²) in [5, 5.41) is 0. The van der Waals surface area contributed by atoms with E-state index in [1.807, 2.05) is 19.2 Å². The lowest BCUT2D eigenvalue weighted by molar-refractivity contribution is -0.231. The van der Waals surface area contributed by atoms with Crippen LogP contribution in [0.5, 0.6) is 5.75 Å². The second-order valence-electron chi connectivity index (χ2n) is 7.88. The van der Waals surface area contributed by atoms with Crippen molar-refractivity contribution in [3.8, 4) is 16.9 Å². The van der Waals surface area contributed by atoms with Crippen LogP contribution < -0.4 is 4.74 Å². The van der Waals surface area contributed by atoms with Gasteiger partial charge in [0.05, 0.1) is 6.61 Å². The van der Waals surface area contributed by atoms with Gasteiger partial charge in [-0.2, -0.15) is 0 Å². The van der Waals surface area contributed by atoms with Crippen LogP contribution in [0.3, 0.4) is 0 Å². The predicted molar refractivity (Wildman–Crippen MR) is 101 cm³/mol. The molecule has 0 unspecified atom stereocenters. The average molecular weight is 350 g/mol. The summed E-state index contributed by atoms with van der Waals surface area (Å²) in [4.78, 5) is 7.03. The van der Waals surface area contributed by atoms with Gasteiger partial charge in [-0.05, 0) is 43.5 Å². The molecule has 1 saturated heterocycles. The Morgan fingerprint density at radius 2 is 2.00 bits per heavy atom. The molecule has 5 rings (SSSR count). The Bertz CT molecular complexity index is 808. The second kappa shape index (κ2) is 6.36. The number of rotatable bonds is 2. The van der Waals surface area contributed by atoms with E-state index in [9.17, 15) is 0 Å². The minimum absolute atomic E-state index is 0.418. The Labute approximate surface area is 155 Å². The molecule has 3 aliphatic rings. The Morgan fingerprint density at radius 3 is 2.73 bits per heavy atom. The van der Waals surface area contributed by atoms with Crippen molar-refractivity contribution < 1.29 is 9.47 Å². The molecule has 0 atom stereocenters. The molecule has 0 bridgehead atoms. The molecule has 2 aliphatic heterocycles. The minimum Gasteiger partial charge on any atom is -0.462 e. The molecular weight excluding hydrogens is 324 g/mol. The number of aromatic nitrogens is 1. The van der Waals surface area contributed by atoms with E-state index in [-0.39, 0.29) is 0 Å². The highest BCUT2D eigenvalue weighted by Crippen LogP contribution is 2.40. The van der Waals surface area contributed by atoms with Crippen LogP contribution in [0.4, 0.5) is 0 Å². The number of aryl methyl sites for hydroxylation is 1. The highest BCUT2D eigenvalue weighted by atomic mass is 16.7. The molecule has 0 radical (unpaired) electrons. The molecule has 1 saturated carbocycles. The van der Waals surface area contributed by atoms with Gasteiger partial charge in [0.1, 0.15) is 5.75 Å². The zero-order valence-electron chi connectivity index (χ0n) is 15.4. The predicted octanol–water partition coefficient (Wildman–Crippen LogP) is 4.31. The summed E-state index contributed by atoms with van der Waals surface area (Å²) in [7, 11) is 0. The van der Waals surface area contributed by atoms with Gasteiger partial charge in [0.25, 0.3) is 0 Å². The van der Waals surface area contributed by atoms with E-state index >= 15 is 0 Å². The molecule has 2 aromatic rings. The molecule has 1 aliphatic carbocycles. The number of benzene rings is 1. The number of hydrogen-bond acceptors (Lipinski definition) is 4. The Morgan fingerprint density at radius 1 is 1.15 bits per heavy atom. The second-order valence-corrected chi connectivity index (χ2v) is 7.88. The zero-order valence-corrected chi connectivity index (χ0v) is 15.4. The summed E-state index contributed by atoms with van der Waals surface area (Å²) in [5.41, 5.74) is 4.53. The van der Waals surface area contributed by atoms with Crippen molar-refractivity contribution in [2.75, 3.05) is 13.1 Å². The first kappa shape index (κ1) is 16.3. The standard InChI is InChI=1S/C22H26N2O2/c1-16-20(6-3-11-23-16)17-7-8-21-18(14-17)15-25-22(26-21)9-12-24(13-10-22)19-4-2-5-19/h3,6-8,11,14,19H,2,4-5,9-10,12-13,15H2,1H3. The summed E-state index contributed by atoms with van der Waals surface area (Å²) in [6, 6.07) is 11.4. The lowest BCUT2D eigenvalue weighted by Gasteiger charge is -2.47. The van der Waals surface area contributed by atoms with Crippen LogP contribution in [0.1, 0.15) is 43.4 Å². The van der Waals surface area contributed by atoms with Gasteiger partial charge >= 0.3 is 0 Å². The van der Waals surface area contributed by atoms with Gasteiger partial charge in [-0.1, -0.05) is 18.6 Å². The Balaban J connectivity index is 1.33. The maximum Gasteiger partial charge on any atom is 0.213 e. The largest absolute Gasteiger partial charge is 0.462 e. The molecule has 3 heterocycles. The van der Waals surface area contributed by atoms with Crippen LogP contribution in [-0.2, 0) is 11.3 Å². The van der Waals surface area contributed by atoms with Gasteiger partial charge in [-0.15, -0.1) is 0 Å². The molecule has 1 aromatic heterocycles. The van der Waals surface area contributed by atoms with E-state index in [2.05, 4.69) is 34.1 Å². The third-order valence-electron chi connectivity index (χ3n) is 6.32. The van der Waals surface area contributed by atoms with Crippen LogP contribution >= 0.6 is 0 Å². The monoisotopic (exact) mass is 350 g/mol. The SMILES string of the molecule is Cc1ncccc1-c1ccc2c(c1)COC1(CCN(C3CCC3)CC1)O2. The lowest BCUT2D eigenvalue weighted by atomic mass is 9.89. The molecule has 0 N–H and O–H groups in total. The summed E-state index contributed by atoms with van der Waals surface area (Å²) >= 11 is 0. The molecule has 4 heteroatoms. The van der Waals surface area contributed by atoms with Crippen molar-refractivity contribution in [1.29, 1.82) is 0 Å². The lowest BCUT2D eigenvalue weighted by Crippen LogP contribution is -2.54. The average Bonchev–Trinajstić information content (AvgIpc) is 2.62. The third-order valence-corrected chi connectivity index (χ3v) is 6.32. The molecule has 1 aromatic carbocycles. The van der Waals surface area contributed by atoms with Crippen LogP contribution in [0, 0.1) is 6.92 Å². The van der Waals surface area contributed by atoms with Crippen molar-refractivity contribution in [1.82, 2.24) is 9.88 Å². The summed E-state index contributed by atoms with van der Waals surface area (Å²) < 4.78 is 12.7. The van der Waals surface area contributed by atoms with Crippen molar-refractivity contribution >= 4 is 0 Å². The number of piperidine rings is 1. The minimum atomic E-state index is -0.418. The highest BCUT2D eigenvalue weighted by Gasteiger charge is 2.42. The molecular formula is C22H26N2O2. The highest BCUT2D eigenvalue weighted by molar-refractivity contribution is 5.67. The van der Waals surface area contributed by atoms with E-state index in [0.29, 0.717) is 6.61 Å². The van der Waals surface area contributed by atoms with E-state index < -0.39 is 5.79 Å². The molecule has 136 valence electrons. The molecule has 1 spiro atoms. The van der Waals surface area contributed by atoms with E-state index in [1.165, 1.54) is 30.4 Å². The van der Waals surface area contributed by atoms with E-state index in [4.69, 9.17) is 9.47 Å². The van der Waals surface area contributed by atoms with Crippen LogP contribution in [-0.4, -0.2) is 34.8 Å². The fourth-order valence-corrected chi connectivity index (χ4v) is 4.42. The normalized spacial score (nSPS) is 22.5. The first-order valence-corrected chi connectivity index (χ1v) is 9.84. The molecule has 2 fully saturated rings. The van der Waals surface area contributed by atoms with Gasteiger partial charge in [0.2, 0.25) is 5.79 Å². The number of pyridine rings is 1. The van der Waals surface area contributed by atoms with Gasteiger partial charge in [0.15, 0.2) is 0 Å². The number of fused-ring (bicyclic) bond motifs is 1. The fraction of sp³-hybridized carbons (Fsp3) is 0.500. The van der Waals surface area contributed by atoms with Crippen molar-refractivity contribution in [3.63, 3.8) is 0 Å². The maximum atomic E-state index is 6.40. The topological polar surface area (TPSA) is 34.6 Å². The summed E-state index contributed by atoms with van der Waals surface area (Å²) in [6.45, 7) is 4.86. The van der Waals surface area contributed by atoms with Crippen molar-refractivity contribution in [2.45, 2.75) is 57.5 Å². The van der Waals surface area contributed by atoms with E-state index in [1.54, 1.807) is 0 Å².